The summed E-state index contributed by atoms with van der Waals surface area (Å²) in [4.78, 5) is 8.66. The summed E-state index contributed by atoms with van der Waals surface area (Å²) >= 11 is 0. The molecule has 0 fully saturated rings. The highest BCUT2D eigenvalue weighted by Gasteiger charge is 2.12. The zero-order valence-corrected chi connectivity index (χ0v) is 12.4. The molecule has 0 aliphatic carbocycles. The maximum atomic E-state index is 5.85. The minimum atomic E-state index is 0.396. The van der Waals surface area contributed by atoms with Crippen LogP contribution >= 0.6 is 0 Å². The lowest BCUT2D eigenvalue weighted by Gasteiger charge is -2.09. The van der Waals surface area contributed by atoms with Gasteiger partial charge in [-0.3, -0.25) is 0 Å². The predicted molar refractivity (Wildman–Crippen MR) is 86.1 cm³/mol. The summed E-state index contributed by atoms with van der Waals surface area (Å²) in [5, 5.41) is 0. The number of nitrogens with zero attached hydrogens (tertiary/aromatic N) is 3. The van der Waals surface area contributed by atoms with Crippen LogP contribution in [0.15, 0.2) is 71.6 Å². The van der Waals surface area contributed by atoms with Gasteiger partial charge in [0.2, 0.25) is 0 Å². The van der Waals surface area contributed by atoms with Crippen LogP contribution in [-0.4, -0.2) is 14.5 Å². The predicted octanol–water partition coefficient (Wildman–Crippen LogP) is 3.65. The van der Waals surface area contributed by atoms with Crippen LogP contribution in [-0.2, 0) is 13.2 Å². The standard InChI is InChI=1S/C18H15N3O2/c1-2-6-14(7-3-1)22-12-18-20-16-8-4-5-9-17(16)21(18)11-15-10-19-13-23-15/h1-10,13H,11-12H2. The fraction of sp³-hybridized carbons (Fsp3) is 0.111. The van der Waals surface area contributed by atoms with Gasteiger partial charge in [0.15, 0.2) is 6.39 Å². The minimum Gasteiger partial charge on any atom is -0.486 e. The molecule has 0 amide bonds. The first kappa shape index (κ1) is 13.6. The van der Waals surface area contributed by atoms with Gasteiger partial charge in [-0.05, 0) is 24.3 Å². The number of rotatable bonds is 5. The van der Waals surface area contributed by atoms with Gasteiger partial charge in [0.1, 0.15) is 23.9 Å². The van der Waals surface area contributed by atoms with E-state index in [-0.39, 0.29) is 0 Å². The first-order chi connectivity index (χ1) is 11.4. The maximum absolute atomic E-state index is 5.85. The van der Waals surface area contributed by atoms with Crippen molar-refractivity contribution in [3.63, 3.8) is 0 Å². The summed E-state index contributed by atoms with van der Waals surface area (Å²) in [6.45, 7) is 0.973. The molecule has 0 spiro atoms. The highest BCUT2D eigenvalue weighted by atomic mass is 16.5. The third-order valence-electron chi connectivity index (χ3n) is 3.64. The van der Waals surface area contributed by atoms with Gasteiger partial charge in [-0.1, -0.05) is 30.3 Å². The van der Waals surface area contributed by atoms with Crippen molar-refractivity contribution in [2.45, 2.75) is 13.2 Å². The summed E-state index contributed by atoms with van der Waals surface area (Å²) < 4.78 is 13.3. The molecule has 23 heavy (non-hydrogen) atoms. The fourth-order valence-electron chi connectivity index (χ4n) is 2.55. The Morgan fingerprint density at radius 3 is 2.65 bits per heavy atom. The lowest BCUT2D eigenvalue weighted by Crippen LogP contribution is -2.08. The van der Waals surface area contributed by atoms with Gasteiger partial charge in [0.25, 0.3) is 0 Å². The fourth-order valence-corrected chi connectivity index (χ4v) is 2.55. The van der Waals surface area contributed by atoms with E-state index in [0.29, 0.717) is 13.2 Å². The highest BCUT2D eigenvalue weighted by molar-refractivity contribution is 5.76. The SMILES string of the molecule is c1ccc(OCc2nc3ccccc3n2Cc2cnco2)cc1. The van der Waals surface area contributed by atoms with Gasteiger partial charge < -0.3 is 13.7 Å². The number of hydrogen-bond donors (Lipinski definition) is 0. The quantitative estimate of drug-likeness (QED) is 0.565. The Labute approximate surface area is 133 Å². The average Bonchev–Trinajstić information content (AvgIpc) is 3.23. The van der Waals surface area contributed by atoms with Gasteiger partial charge in [0.05, 0.1) is 23.8 Å². The van der Waals surface area contributed by atoms with E-state index >= 15 is 0 Å². The number of oxazole rings is 1. The summed E-state index contributed by atoms with van der Waals surface area (Å²) in [5.74, 6) is 2.46. The number of ether oxygens (including phenoxy) is 1. The third kappa shape index (κ3) is 2.81. The zero-order chi connectivity index (χ0) is 15.5. The first-order valence-corrected chi connectivity index (χ1v) is 7.39. The molecule has 0 unspecified atom stereocenters. The topological polar surface area (TPSA) is 53.1 Å². The van der Waals surface area contributed by atoms with E-state index in [1.54, 1.807) is 6.20 Å². The van der Waals surface area contributed by atoms with Crippen molar-refractivity contribution in [3.8, 4) is 5.75 Å². The largest absolute Gasteiger partial charge is 0.486 e. The van der Waals surface area contributed by atoms with Gasteiger partial charge >= 0.3 is 0 Å². The van der Waals surface area contributed by atoms with Crippen LogP contribution < -0.4 is 4.74 Å². The molecule has 5 heteroatoms. The van der Waals surface area contributed by atoms with E-state index < -0.39 is 0 Å². The maximum Gasteiger partial charge on any atom is 0.180 e. The molecule has 0 atom stereocenters. The van der Waals surface area contributed by atoms with Crippen molar-refractivity contribution < 1.29 is 9.15 Å². The minimum absolute atomic E-state index is 0.396. The molecule has 0 saturated carbocycles. The van der Waals surface area contributed by atoms with E-state index in [2.05, 4.69) is 14.5 Å². The second kappa shape index (κ2) is 5.96. The molecule has 0 saturated heterocycles. The molecule has 4 rings (SSSR count). The van der Waals surface area contributed by atoms with Gasteiger partial charge in [-0.2, -0.15) is 0 Å². The normalized spacial score (nSPS) is 11.0. The van der Waals surface area contributed by atoms with Crippen LogP contribution in [0.25, 0.3) is 11.0 Å². The van der Waals surface area contributed by atoms with E-state index in [9.17, 15) is 0 Å². The Morgan fingerprint density at radius 2 is 1.83 bits per heavy atom. The molecular weight excluding hydrogens is 290 g/mol. The van der Waals surface area contributed by atoms with Crippen LogP contribution in [0.5, 0.6) is 5.75 Å². The lowest BCUT2D eigenvalue weighted by molar-refractivity contribution is 0.290. The molecule has 2 heterocycles. The van der Waals surface area contributed by atoms with Gasteiger partial charge in [-0.25, -0.2) is 9.97 Å². The monoisotopic (exact) mass is 305 g/mol. The van der Waals surface area contributed by atoms with Crippen LogP contribution in [0, 0.1) is 0 Å². The zero-order valence-electron chi connectivity index (χ0n) is 12.4. The Morgan fingerprint density at radius 1 is 1.00 bits per heavy atom. The molecule has 0 radical (unpaired) electrons. The Kier molecular flexibility index (Phi) is 3.52. The Hall–Kier alpha value is -3.08. The lowest BCUT2D eigenvalue weighted by atomic mass is 10.3. The van der Waals surface area contributed by atoms with E-state index in [4.69, 9.17) is 9.15 Å². The van der Waals surface area contributed by atoms with Crippen LogP contribution in [0.2, 0.25) is 0 Å². The Balaban J connectivity index is 1.67. The average molecular weight is 305 g/mol. The number of aromatic nitrogens is 3. The summed E-state index contributed by atoms with van der Waals surface area (Å²) in [5.41, 5.74) is 1.99. The second-order valence-electron chi connectivity index (χ2n) is 5.17. The highest BCUT2D eigenvalue weighted by Crippen LogP contribution is 2.19. The number of hydrogen-bond acceptors (Lipinski definition) is 4. The van der Waals surface area contributed by atoms with E-state index in [0.717, 1.165) is 28.4 Å². The molecular formula is C18H15N3O2. The van der Waals surface area contributed by atoms with Gasteiger partial charge in [-0.15, -0.1) is 0 Å². The van der Waals surface area contributed by atoms with Crippen molar-refractivity contribution in [2.24, 2.45) is 0 Å². The molecule has 2 aromatic heterocycles. The number of fused-ring (bicyclic) bond motifs is 1. The smallest absolute Gasteiger partial charge is 0.180 e. The van der Waals surface area contributed by atoms with Crippen LogP contribution in [0.1, 0.15) is 11.6 Å². The summed E-state index contributed by atoms with van der Waals surface area (Å²) in [7, 11) is 0. The van der Waals surface area contributed by atoms with Crippen molar-refractivity contribution in [3.05, 3.63) is 78.8 Å². The number of para-hydroxylation sites is 3. The molecule has 0 aliphatic heterocycles. The van der Waals surface area contributed by atoms with Crippen molar-refractivity contribution in [1.82, 2.24) is 14.5 Å². The molecule has 2 aromatic carbocycles. The first-order valence-electron chi connectivity index (χ1n) is 7.39. The molecule has 5 nitrogen and oxygen atoms in total. The Bertz CT molecular complexity index is 899. The van der Waals surface area contributed by atoms with E-state index in [1.165, 1.54) is 6.39 Å². The summed E-state index contributed by atoms with van der Waals surface area (Å²) in [6, 6.07) is 17.8. The number of imidazole rings is 1. The molecule has 0 aliphatic rings. The van der Waals surface area contributed by atoms with Crippen molar-refractivity contribution in [2.75, 3.05) is 0 Å². The van der Waals surface area contributed by atoms with Crippen LogP contribution in [0.3, 0.4) is 0 Å². The molecule has 0 bridgehead atoms. The van der Waals surface area contributed by atoms with Crippen molar-refractivity contribution >= 4 is 11.0 Å². The molecule has 114 valence electrons. The van der Waals surface area contributed by atoms with Crippen molar-refractivity contribution in [1.29, 1.82) is 0 Å². The second-order valence-corrected chi connectivity index (χ2v) is 5.17. The van der Waals surface area contributed by atoms with E-state index in [1.807, 2.05) is 54.6 Å². The van der Waals surface area contributed by atoms with Gasteiger partial charge in [0, 0.05) is 0 Å². The third-order valence-corrected chi connectivity index (χ3v) is 3.64. The molecule has 4 aromatic rings. The molecule has 0 N–H and O–H groups in total. The number of benzene rings is 2. The summed E-state index contributed by atoms with van der Waals surface area (Å²) in [6.07, 6.45) is 3.16. The van der Waals surface area contributed by atoms with Crippen LogP contribution in [0.4, 0.5) is 0 Å².